The van der Waals surface area contributed by atoms with Gasteiger partial charge in [-0.25, -0.2) is 4.99 Å². The summed E-state index contributed by atoms with van der Waals surface area (Å²) in [6.45, 7) is 4.50. The zero-order valence-corrected chi connectivity index (χ0v) is 13.2. The smallest absolute Gasteiger partial charge is 0.217 e. The average molecular weight is 306 g/mol. The molecule has 0 bridgehead atoms. The summed E-state index contributed by atoms with van der Waals surface area (Å²) >= 11 is 0. The summed E-state index contributed by atoms with van der Waals surface area (Å²) < 4.78 is 5.71. The van der Waals surface area contributed by atoms with Crippen LogP contribution in [-0.4, -0.2) is 23.2 Å². The highest BCUT2D eigenvalue weighted by atomic mass is 16.5. The molecule has 116 valence electrons. The third-order valence-corrected chi connectivity index (χ3v) is 3.79. The Bertz CT molecular complexity index is 789. The van der Waals surface area contributed by atoms with Gasteiger partial charge in [0.15, 0.2) is 0 Å². The third-order valence-electron chi connectivity index (χ3n) is 3.79. The molecule has 1 heterocycles. The summed E-state index contributed by atoms with van der Waals surface area (Å²) in [5.41, 5.74) is 2.34. The Labute approximate surface area is 135 Å². The molecule has 23 heavy (non-hydrogen) atoms. The van der Waals surface area contributed by atoms with E-state index in [-0.39, 0.29) is 5.54 Å². The molecule has 1 atom stereocenters. The van der Waals surface area contributed by atoms with Gasteiger partial charge in [0.05, 0.1) is 17.2 Å². The Hall–Kier alpha value is -2.64. The lowest BCUT2D eigenvalue weighted by atomic mass is 9.95. The Morgan fingerprint density at radius 1 is 1.22 bits per heavy atom. The molecule has 1 unspecified atom stereocenters. The Morgan fingerprint density at radius 2 is 1.96 bits per heavy atom. The van der Waals surface area contributed by atoms with Crippen molar-refractivity contribution in [2.45, 2.75) is 25.5 Å². The van der Waals surface area contributed by atoms with Crippen molar-refractivity contribution in [1.29, 1.82) is 5.26 Å². The van der Waals surface area contributed by atoms with Gasteiger partial charge < -0.3 is 9.84 Å². The van der Waals surface area contributed by atoms with Crippen molar-refractivity contribution in [2.75, 3.05) is 6.61 Å². The molecule has 0 aliphatic carbocycles. The second-order valence-electron chi connectivity index (χ2n) is 6.25. The average Bonchev–Trinajstić information content (AvgIpc) is 2.94. The Balaban J connectivity index is 2.10. The summed E-state index contributed by atoms with van der Waals surface area (Å²) in [7, 11) is 0. The molecule has 0 aromatic heterocycles. The standard InChI is InChI=1S/C19H18N2O2/c1-19(2)12-23-18(21-19)15-9-8-13(11-20)10-16(15)17(22)14-6-4-3-5-7-14/h3-10,17,22H,12H2,1-2H3. The van der Waals surface area contributed by atoms with E-state index in [0.717, 1.165) is 11.1 Å². The maximum atomic E-state index is 10.8. The molecule has 1 N–H and O–H groups in total. The molecule has 1 aliphatic rings. The lowest BCUT2D eigenvalue weighted by Gasteiger charge is -2.16. The topological polar surface area (TPSA) is 65.6 Å². The first-order valence-electron chi connectivity index (χ1n) is 7.50. The fourth-order valence-electron chi connectivity index (χ4n) is 2.59. The van der Waals surface area contributed by atoms with Crippen LogP contribution in [0.5, 0.6) is 0 Å². The van der Waals surface area contributed by atoms with Gasteiger partial charge >= 0.3 is 0 Å². The van der Waals surface area contributed by atoms with E-state index in [1.54, 1.807) is 18.2 Å². The third kappa shape index (κ3) is 3.10. The van der Waals surface area contributed by atoms with E-state index in [4.69, 9.17) is 10.00 Å². The van der Waals surface area contributed by atoms with E-state index in [1.165, 1.54) is 0 Å². The van der Waals surface area contributed by atoms with Crippen molar-refractivity contribution < 1.29 is 9.84 Å². The molecule has 0 saturated heterocycles. The van der Waals surface area contributed by atoms with Gasteiger partial charge in [0.2, 0.25) is 5.90 Å². The van der Waals surface area contributed by atoms with E-state index >= 15 is 0 Å². The van der Waals surface area contributed by atoms with Gasteiger partial charge in [-0.1, -0.05) is 30.3 Å². The van der Waals surface area contributed by atoms with Crippen molar-refractivity contribution in [2.24, 2.45) is 4.99 Å². The van der Waals surface area contributed by atoms with Crippen molar-refractivity contribution in [3.63, 3.8) is 0 Å². The molecule has 0 spiro atoms. The predicted molar refractivity (Wildman–Crippen MR) is 88.2 cm³/mol. The van der Waals surface area contributed by atoms with Gasteiger partial charge in [0.1, 0.15) is 12.7 Å². The summed E-state index contributed by atoms with van der Waals surface area (Å²) in [6.07, 6.45) is -0.838. The van der Waals surface area contributed by atoms with Crippen molar-refractivity contribution in [1.82, 2.24) is 0 Å². The molecule has 0 saturated carbocycles. The maximum Gasteiger partial charge on any atom is 0.217 e. The van der Waals surface area contributed by atoms with Crippen LogP contribution in [0.2, 0.25) is 0 Å². The minimum atomic E-state index is -0.838. The van der Waals surface area contributed by atoms with Crippen LogP contribution in [0.1, 0.15) is 42.2 Å². The van der Waals surface area contributed by atoms with Gasteiger partial charge in [-0.3, -0.25) is 0 Å². The highest BCUT2D eigenvalue weighted by Crippen LogP contribution is 2.29. The molecule has 0 radical (unpaired) electrons. The van der Waals surface area contributed by atoms with Crippen LogP contribution in [0.3, 0.4) is 0 Å². The lowest BCUT2D eigenvalue weighted by molar-refractivity contribution is 0.219. The molecule has 2 aromatic rings. The van der Waals surface area contributed by atoms with Crippen molar-refractivity contribution in [3.8, 4) is 6.07 Å². The molecule has 3 rings (SSSR count). The van der Waals surface area contributed by atoms with E-state index in [9.17, 15) is 5.11 Å². The number of rotatable bonds is 3. The maximum absolute atomic E-state index is 10.8. The van der Waals surface area contributed by atoms with Gasteiger partial charge in [-0.15, -0.1) is 0 Å². The number of benzene rings is 2. The first kappa shape index (κ1) is 15.3. The highest BCUT2D eigenvalue weighted by molar-refractivity contribution is 5.97. The molecule has 0 fully saturated rings. The number of hydrogen-bond donors (Lipinski definition) is 1. The second kappa shape index (κ2) is 5.86. The quantitative estimate of drug-likeness (QED) is 0.947. The Morgan fingerprint density at radius 3 is 2.57 bits per heavy atom. The first-order valence-corrected chi connectivity index (χ1v) is 7.50. The van der Waals surface area contributed by atoms with Crippen LogP contribution in [0.25, 0.3) is 0 Å². The summed E-state index contributed by atoms with van der Waals surface area (Å²) in [5, 5.41) is 19.9. The van der Waals surface area contributed by atoms with Crippen LogP contribution < -0.4 is 0 Å². The number of nitrogens with zero attached hydrogens (tertiary/aromatic N) is 2. The molecule has 0 amide bonds. The normalized spacial score (nSPS) is 17.0. The molecule has 4 nitrogen and oxygen atoms in total. The molecule has 2 aromatic carbocycles. The van der Waals surface area contributed by atoms with Gasteiger partial charge in [0.25, 0.3) is 0 Å². The Kier molecular flexibility index (Phi) is 3.89. The van der Waals surface area contributed by atoms with Crippen LogP contribution in [0.15, 0.2) is 53.5 Å². The molecule has 1 aliphatic heterocycles. The number of ether oxygens (including phenoxy) is 1. The number of hydrogen-bond acceptors (Lipinski definition) is 4. The summed E-state index contributed by atoms with van der Waals surface area (Å²) in [6, 6.07) is 16.7. The number of nitriles is 1. The lowest BCUT2D eigenvalue weighted by Crippen LogP contribution is -2.17. The zero-order chi connectivity index (χ0) is 16.4. The predicted octanol–water partition coefficient (Wildman–Crippen LogP) is 3.20. The largest absolute Gasteiger partial charge is 0.475 e. The van der Waals surface area contributed by atoms with E-state index < -0.39 is 6.10 Å². The summed E-state index contributed by atoms with van der Waals surface area (Å²) in [5.74, 6) is 0.518. The molecular formula is C19H18N2O2. The minimum absolute atomic E-state index is 0.280. The summed E-state index contributed by atoms with van der Waals surface area (Å²) in [4.78, 5) is 4.58. The second-order valence-corrected chi connectivity index (χ2v) is 6.25. The van der Waals surface area contributed by atoms with Gasteiger partial charge in [-0.05, 0) is 43.2 Å². The van der Waals surface area contributed by atoms with Gasteiger partial charge in [-0.2, -0.15) is 5.26 Å². The zero-order valence-electron chi connectivity index (χ0n) is 13.2. The molecule has 4 heteroatoms. The van der Waals surface area contributed by atoms with Crippen LogP contribution in [0, 0.1) is 11.3 Å². The number of aliphatic imine (C=N–C) groups is 1. The monoisotopic (exact) mass is 306 g/mol. The van der Waals surface area contributed by atoms with E-state index in [2.05, 4.69) is 11.1 Å². The van der Waals surface area contributed by atoms with Gasteiger partial charge in [0, 0.05) is 5.56 Å². The van der Waals surface area contributed by atoms with Crippen LogP contribution >= 0.6 is 0 Å². The van der Waals surface area contributed by atoms with Crippen LogP contribution in [0.4, 0.5) is 0 Å². The van der Waals surface area contributed by atoms with Crippen molar-refractivity contribution >= 4 is 5.90 Å². The SMILES string of the molecule is CC1(C)COC(c2ccc(C#N)cc2C(O)c2ccccc2)=N1. The van der Waals surface area contributed by atoms with Crippen LogP contribution in [-0.2, 0) is 4.74 Å². The first-order chi connectivity index (χ1) is 11.0. The van der Waals surface area contributed by atoms with Crippen molar-refractivity contribution in [3.05, 3.63) is 70.8 Å². The molecular weight excluding hydrogens is 288 g/mol. The fraction of sp³-hybridized carbons (Fsp3) is 0.263. The number of aliphatic hydroxyl groups excluding tert-OH is 1. The minimum Gasteiger partial charge on any atom is -0.475 e. The van der Waals surface area contributed by atoms with E-state index in [1.807, 2.05) is 44.2 Å². The number of aliphatic hydroxyl groups is 1. The fourth-order valence-corrected chi connectivity index (χ4v) is 2.59. The highest BCUT2D eigenvalue weighted by Gasteiger charge is 2.29. The van der Waals surface area contributed by atoms with E-state index in [0.29, 0.717) is 23.6 Å².